The van der Waals surface area contributed by atoms with Crippen LogP contribution in [-0.2, 0) is 16.6 Å². The molecule has 2 aliphatic heterocycles. The lowest BCUT2D eigenvalue weighted by molar-refractivity contribution is -0.127. The standard InChI is InChI=1S/C26H36N4O5.2ClH/c1-14(2)12-17(24(32)28-29(3)4)27-25(33)34-20-9-6-15-13-18-16-7-8-19(31)23-26(16,10-11-30(18)5)21(15)22(20)35-23;;/h6-9,14,16-19,23,31H,10-13H2,1-5H3,(H,27,33)(H,28,32);2*1H/t16?,17?,18?,19-,23-,26-;;/m0../s1. The number of likely N-dealkylation sites (tertiary alicyclic amines) is 1. The lowest BCUT2D eigenvalue weighted by Crippen LogP contribution is -2.64. The molecule has 37 heavy (non-hydrogen) atoms. The third-order valence-electron chi connectivity index (χ3n) is 7.99. The highest BCUT2D eigenvalue weighted by molar-refractivity contribution is 5.86. The average Bonchev–Trinajstić information content (AvgIpc) is 3.13. The van der Waals surface area contributed by atoms with Gasteiger partial charge in [-0.3, -0.25) is 10.2 Å². The average molecular weight is 558 g/mol. The van der Waals surface area contributed by atoms with Gasteiger partial charge in [-0.15, -0.1) is 24.8 Å². The number of amides is 2. The van der Waals surface area contributed by atoms with Crippen LogP contribution < -0.4 is 20.2 Å². The Morgan fingerprint density at radius 1 is 1.27 bits per heavy atom. The van der Waals surface area contributed by atoms with E-state index in [1.807, 2.05) is 26.0 Å². The maximum absolute atomic E-state index is 12.9. The van der Waals surface area contributed by atoms with Gasteiger partial charge < -0.3 is 24.8 Å². The predicted octanol–water partition coefficient (Wildman–Crippen LogP) is 2.43. The summed E-state index contributed by atoms with van der Waals surface area (Å²) >= 11 is 0. The Morgan fingerprint density at radius 3 is 2.68 bits per heavy atom. The molecule has 6 atom stereocenters. The van der Waals surface area contributed by atoms with E-state index in [9.17, 15) is 14.7 Å². The van der Waals surface area contributed by atoms with Crippen molar-refractivity contribution in [1.29, 1.82) is 0 Å². The molecule has 206 valence electrons. The summed E-state index contributed by atoms with van der Waals surface area (Å²) in [7, 11) is 5.60. The Bertz CT molecular complexity index is 1070. The Morgan fingerprint density at radius 2 is 2.00 bits per heavy atom. The highest BCUT2D eigenvalue weighted by Gasteiger charge is 2.64. The van der Waals surface area contributed by atoms with Crippen molar-refractivity contribution in [2.75, 3.05) is 27.7 Å². The van der Waals surface area contributed by atoms with Crippen LogP contribution in [0.3, 0.4) is 0 Å². The summed E-state index contributed by atoms with van der Waals surface area (Å²) in [5.41, 5.74) is 4.65. The van der Waals surface area contributed by atoms with E-state index in [-0.39, 0.29) is 48.0 Å². The first kappa shape index (κ1) is 29.5. The summed E-state index contributed by atoms with van der Waals surface area (Å²) in [6.45, 7) is 4.91. The molecule has 2 bridgehead atoms. The number of nitrogens with zero attached hydrogens (tertiary/aromatic N) is 2. The lowest BCUT2D eigenvalue weighted by atomic mass is 9.53. The fourth-order valence-electron chi connectivity index (χ4n) is 6.58. The van der Waals surface area contributed by atoms with E-state index >= 15 is 0 Å². The Kier molecular flexibility index (Phi) is 8.76. The number of hydrogen-bond acceptors (Lipinski definition) is 7. The molecule has 2 aliphatic carbocycles. The van der Waals surface area contributed by atoms with Crippen molar-refractivity contribution in [3.05, 3.63) is 35.4 Å². The van der Waals surface area contributed by atoms with Crippen molar-refractivity contribution < 1.29 is 24.2 Å². The number of piperidine rings is 1. The Labute approximate surface area is 230 Å². The molecular weight excluding hydrogens is 519 g/mol. The number of nitrogens with one attached hydrogen (secondary N) is 2. The summed E-state index contributed by atoms with van der Waals surface area (Å²) < 4.78 is 12.2. The number of hydrogen-bond donors (Lipinski definition) is 3. The van der Waals surface area contributed by atoms with Crippen LogP contribution in [0.4, 0.5) is 4.79 Å². The van der Waals surface area contributed by atoms with Crippen molar-refractivity contribution in [2.24, 2.45) is 11.8 Å². The number of halogens is 2. The van der Waals surface area contributed by atoms with E-state index in [0.29, 0.717) is 24.0 Å². The summed E-state index contributed by atoms with van der Waals surface area (Å²) in [5.74, 6) is 1.01. The molecule has 1 aromatic rings. The van der Waals surface area contributed by atoms with Crippen LogP contribution in [0.5, 0.6) is 11.5 Å². The molecule has 2 amide bonds. The van der Waals surface area contributed by atoms with Gasteiger partial charge in [-0.2, -0.15) is 0 Å². The molecule has 0 aromatic heterocycles. The van der Waals surface area contributed by atoms with Gasteiger partial charge in [-0.25, -0.2) is 9.80 Å². The normalized spacial score (nSPS) is 29.4. The zero-order valence-corrected chi connectivity index (χ0v) is 23.5. The molecule has 1 fully saturated rings. The topological polar surface area (TPSA) is 103 Å². The lowest BCUT2D eigenvalue weighted by Gasteiger charge is -2.56. The number of hydrazine groups is 1. The fourth-order valence-corrected chi connectivity index (χ4v) is 6.58. The minimum absolute atomic E-state index is 0. The van der Waals surface area contributed by atoms with Crippen LogP contribution in [0.2, 0.25) is 0 Å². The summed E-state index contributed by atoms with van der Waals surface area (Å²) in [5, 5.41) is 15.1. The van der Waals surface area contributed by atoms with Crippen LogP contribution in [0.15, 0.2) is 24.3 Å². The molecular formula is C26H38Cl2N4O5. The van der Waals surface area contributed by atoms with Gasteiger partial charge in [-0.1, -0.05) is 32.1 Å². The third-order valence-corrected chi connectivity index (χ3v) is 7.99. The Hall–Kier alpha value is -2.04. The van der Waals surface area contributed by atoms with Crippen LogP contribution in [0.25, 0.3) is 0 Å². The van der Waals surface area contributed by atoms with Crippen molar-refractivity contribution in [3.63, 3.8) is 0 Å². The summed E-state index contributed by atoms with van der Waals surface area (Å²) in [6, 6.07) is 3.41. The van der Waals surface area contributed by atoms with Gasteiger partial charge >= 0.3 is 6.09 Å². The highest BCUT2D eigenvalue weighted by Crippen LogP contribution is 2.62. The van der Waals surface area contributed by atoms with Gasteiger partial charge in [0, 0.05) is 37.0 Å². The van der Waals surface area contributed by atoms with Crippen LogP contribution in [-0.4, -0.2) is 79.0 Å². The molecule has 0 radical (unpaired) electrons. The van der Waals surface area contributed by atoms with E-state index in [1.54, 1.807) is 25.2 Å². The monoisotopic (exact) mass is 556 g/mol. The maximum atomic E-state index is 12.9. The SMILES string of the molecule is CC(C)CC(NC(=O)Oc1ccc2c3c1O[C@H]1[C@@H](O)C=CC4C(C2)N(C)CC[C@@]341)C(=O)NN(C)C.Cl.Cl. The zero-order chi connectivity index (χ0) is 25.1. The molecule has 9 nitrogen and oxygen atoms in total. The molecule has 1 saturated heterocycles. The van der Waals surface area contributed by atoms with E-state index in [0.717, 1.165) is 24.9 Å². The molecule has 1 spiro atoms. The number of carbonyl (C=O) groups is 2. The minimum atomic E-state index is -0.733. The van der Waals surface area contributed by atoms with E-state index in [4.69, 9.17) is 9.47 Å². The molecule has 3 N–H and O–H groups in total. The largest absolute Gasteiger partial charge is 0.482 e. The number of aliphatic hydroxyl groups excluding tert-OH is 1. The first-order valence-corrected chi connectivity index (χ1v) is 12.5. The van der Waals surface area contributed by atoms with Crippen LogP contribution in [0, 0.1) is 11.8 Å². The number of carbonyl (C=O) groups excluding carboxylic acids is 2. The van der Waals surface area contributed by atoms with Gasteiger partial charge in [0.1, 0.15) is 18.2 Å². The second-order valence-corrected chi connectivity index (χ2v) is 11.0. The molecule has 0 saturated carbocycles. The fraction of sp³-hybridized carbons (Fsp3) is 0.615. The Balaban J connectivity index is 0.00000190. The third kappa shape index (κ3) is 4.92. The molecule has 11 heteroatoms. The number of ether oxygens (including phenoxy) is 2. The van der Waals surface area contributed by atoms with Gasteiger partial charge in [-0.05, 0) is 50.4 Å². The van der Waals surface area contributed by atoms with Crippen molar-refractivity contribution in [2.45, 2.75) is 62.8 Å². The van der Waals surface area contributed by atoms with Gasteiger partial charge in [0.05, 0.1) is 0 Å². The minimum Gasteiger partial charge on any atom is -0.482 e. The van der Waals surface area contributed by atoms with Crippen LogP contribution >= 0.6 is 24.8 Å². The molecule has 1 aromatic carbocycles. The van der Waals surface area contributed by atoms with Crippen molar-refractivity contribution >= 4 is 36.8 Å². The number of benzene rings is 1. The smallest absolute Gasteiger partial charge is 0.413 e. The maximum Gasteiger partial charge on any atom is 0.413 e. The van der Waals surface area contributed by atoms with Crippen molar-refractivity contribution in [1.82, 2.24) is 20.7 Å². The van der Waals surface area contributed by atoms with Gasteiger partial charge in [0.15, 0.2) is 11.5 Å². The van der Waals surface area contributed by atoms with Gasteiger partial charge in [0.2, 0.25) is 0 Å². The van der Waals surface area contributed by atoms with Gasteiger partial charge in [0.25, 0.3) is 5.91 Å². The first-order chi connectivity index (χ1) is 16.6. The molecule has 4 aliphatic rings. The quantitative estimate of drug-likeness (QED) is 0.365. The first-order valence-electron chi connectivity index (χ1n) is 12.5. The molecule has 3 unspecified atom stereocenters. The number of aliphatic hydroxyl groups is 1. The number of likely N-dealkylation sites (N-methyl/N-ethyl adjacent to an activating group) is 1. The van der Waals surface area contributed by atoms with E-state index in [2.05, 4.69) is 28.8 Å². The second kappa shape index (κ2) is 11.0. The van der Waals surface area contributed by atoms with Crippen LogP contribution in [0.1, 0.15) is 37.8 Å². The predicted molar refractivity (Wildman–Crippen MR) is 145 cm³/mol. The second-order valence-electron chi connectivity index (χ2n) is 11.0. The molecule has 5 rings (SSSR count). The van der Waals surface area contributed by atoms with Crippen molar-refractivity contribution in [3.8, 4) is 11.5 Å². The van der Waals surface area contributed by atoms with E-state index in [1.165, 1.54) is 5.56 Å². The summed E-state index contributed by atoms with van der Waals surface area (Å²) in [6.07, 6.45) is 4.40. The zero-order valence-electron chi connectivity index (χ0n) is 21.9. The highest BCUT2D eigenvalue weighted by atomic mass is 35.5. The number of rotatable bonds is 6. The van der Waals surface area contributed by atoms with E-state index < -0.39 is 24.3 Å². The molecule has 2 heterocycles. The summed E-state index contributed by atoms with van der Waals surface area (Å²) in [4.78, 5) is 28.0.